The Morgan fingerprint density at radius 3 is 2.70 bits per heavy atom. The normalized spacial score (nSPS) is 16.8. The van der Waals surface area contributed by atoms with Crippen LogP contribution < -0.4 is 0 Å². The van der Waals surface area contributed by atoms with Gasteiger partial charge in [-0.1, -0.05) is 31.5 Å². The Labute approximate surface area is 125 Å². The van der Waals surface area contributed by atoms with Crippen LogP contribution in [0.3, 0.4) is 0 Å². The molecular weight excluding hydrogens is 270 g/mol. The number of thioether (sulfide) groups is 1. The van der Waals surface area contributed by atoms with Gasteiger partial charge in [-0.25, -0.2) is 0 Å². The van der Waals surface area contributed by atoms with E-state index in [0.717, 1.165) is 25.0 Å². The molecule has 1 fully saturated rings. The van der Waals surface area contributed by atoms with Gasteiger partial charge in [-0.2, -0.15) is 0 Å². The van der Waals surface area contributed by atoms with Gasteiger partial charge in [0.2, 0.25) is 5.91 Å². The average Bonchev–Trinajstić information content (AvgIpc) is 2.42. The predicted octanol–water partition coefficient (Wildman–Crippen LogP) is 2.93. The standard InChI is InChI=1S/C16H23NO2S/c1-2-10-16(19)12-17(13-16)15(18)9-6-11-20-14-7-4-3-5-8-14/h3-5,7-8,19H,2,6,9-13H2,1H3. The fourth-order valence-electron chi connectivity index (χ4n) is 2.55. The van der Waals surface area contributed by atoms with Crippen molar-refractivity contribution in [1.82, 2.24) is 4.90 Å². The van der Waals surface area contributed by atoms with E-state index in [2.05, 4.69) is 19.1 Å². The smallest absolute Gasteiger partial charge is 0.222 e. The maximum atomic E-state index is 11.9. The molecule has 0 atom stereocenters. The van der Waals surface area contributed by atoms with Crippen molar-refractivity contribution in [2.45, 2.75) is 43.1 Å². The van der Waals surface area contributed by atoms with Crippen LogP contribution in [0.1, 0.15) is 32.6 Å². The number of hydrogen-bond donors (Lipinski definition) is 1. The van der Waals surface area contributed by atoms with Crippen molar-refractivity contribution < 1.29 is 9.90 Å². The zero-order valence-electron chi connectivity index (χ0n) is 12.0. The first-order valence-corrected chi connectivity index (χ1v) is 8.29. The average molecular weight is 293 g/mol. The second-order valence-corrected chi connectivity index (χ2v) is 6.66. The first kappa shape index (κ1) is 15.4. The Kier molecular flexibility index (Phi) is 5.49. The zero-order chi connectivity index (χ0) is 14.4. The van der Waals surface area contributed by atoms with Gasteiger partial charge in [0.15, 0.2) is 0 Å². The molecule has 0 saturated carbocycles. The van der Waals surface area contributed by atoms with Gasteiger partial charge in [0, 0.05) is 11.3 Å². The van der Waals surface area contributed by atoms with Crippen LogP contribution >= 0.6 is 11.8 Å². The van der Waals surface area contributed by atoms with Crippen LogP contribution in [0, 0.1) is 0 Å². The fraction of sp³-hybridized carbons (Fsp3) is 0.562. The molecule has 1 amide bonds. The lowest BCUT2D eigenvalue weighted by Gasteiger charge is -2.46. The molecule has 2 rings (SSSR count). The molecule has 20 heavy (non-hydrogen) atoms. The minimum Gasteiger partial charge on any atom is -0.386 e. The third-order valence-corrected chi connectivity index (χ3v) is 4.68. The van der Waals surface area contributed by atoms with E-state index in [0.29, 0.717) is 19.5 Å². The summed E-state index contributed by atoms with van der Waals surface area (Å²) in [5.74, 6) is 1.14. The fourth-order valence-corrected chi connectivity index (χ4v) is 3.43. The molecular formula is C16H23NO2S. The number of carbonyl (C=O) groups excluding carboxylic acids is 1. The summed E-state index contributed by atoms with van der Waals surface area (Å²) < 4.78 is 0. The van der Waals surface area contributed by atoms with Gasteiger partial charge in [0.1, 0.15) is 0 Å². The monoisotopic (exact) mass is 293 g/mol. The van der Waals surface area contributed by atoms with E-state index in [1.165, 1.54) is 4.90 Å². The van der Waals surface area contributed by atoms with Crippen LogP contribution in [0.25, 0.3) is 0 Å². The van der Waals surface area contributed by atoms with Crippen molar-refractivity contribution in [3.05, 3.63) is 30.3 Å². The molecule has 0 radical (unpaired) electrons. The molecule has 0 bridgehead atoms. The lowest BCUT2D eigenvalue weighted by molar-refractivity contribution is -0.156. The maximum absolute atomic E-state index is 11.9. The lowest BCUT2D eigenvalue weighted by Crippen LogP contribution is -2.63. The number of nitrogens with zero attached hydrogens (tertiary/aromatic N) is 1. The molecule has 1 aromatic rings. The molecule has 3 nitrogen and oxygen atoms in total. The van der Waals surface area contributed by atoms with E-state index < -0.39 is 5.60 Å². The van der Waals surface area contributed by atoms with Gasteiger partial charge in [0.05, 0.1) is 18.7 Å². The minimum atomic E-state index is -0.608. The highest BCUT2D eigenvalue weighted by atomic mass is 32.2. The van der Waals surface area contributed by atoms with Crippen molar-refractivity contribution in [3.63, 3.8) is 0 Å². The first-order valence-electron chi connectivity index (χ1n) is 7.31. The summed E-state index contributed by atoms with van der Waals surface area (Å²) in [6.45, 7) is 3.10. The quantitative estimate of drug-likeness (QED) is 0.621. The predicted molar refractivity (Wildman–Crippen MR) is 82.8 cm³/mol. The Hall–Kier alpha value is -1.00. The van der Waals surface area contributed by atoms with Crippen molar-refractivity contribution >= 4 is 17.7 Å². The van der Waals surface area contributed by atoms with Gasteiger partial charge in [0.25, 0.3) is 0 Å². The number of β-amino-alcohol motifs (C(OH)–C–C–N with tert-alkyl or cyclic N) is 1. The Balaban J connectivity index is 1.60. The summed E-state index contributed by atoms with van der Waals surface area (Å²) in [6, 6.07) is 10.2. The molecule has 1 aliphatic heterocycles. The lowest BCUT2D eigenvalue weighted by atomic mass is 9.89. The molecule has 1 aliphatic rings. The molecule has 1 heterocycles. The summed E-state index contributed by atoms with van der Waals surface area (Å²) in [6.07, 6.45) is 3.23. The molecule has 0 aromatic heterocycles. The molecule has 0 aliphatic carbocycles. The summed E-state index contributed by atoms with van der Waals surface area (Å²) in [5.41, 5.74) is -0.608. The topological polar surface area (TPSA) is 40.5 Å². The van der Waals surface area contributed by atoms with E-state index in [9.17, 15) is 9.90 Å². The number of hydrogen-bond acceptors (Lipinski definition) is 3. The summed E-state index contributed by atoms with van der Waals surface area (Å²) in [7, 11) is 0. The molecule has 0 unspecified atom stereocenters. The third kappa shape index (κ3) is 4.25. The second kappa shape index (κ2) is 7.14. The van der Waals surface area contributed by atoms with Gasteiger partial charge in [-0.05, 0) is 30.7 Å². The van der Waals surface area contributed by atoms with Crippen LogP contribution in [0.5, 0.6) is 0 Å². The summed E-state index contributed by atoms with van der Waals surface area (Å²) >= 11 is 1.79. The number of aliphatic hydroxyl groups is 1. The van der Waals surface area contributed by atoms with E-state index >= 15 is 0 Å². The van der Waals surface area contributed by atoms with Gasteiger partial charge in [-0.3, -0.25) is 4.79 Å². The third-order valence-electron chi connectivity index (χ3n) is 3.59. The highest BCUT2D eigenvalue weighted by Gasteiger charge is 2.42. The SMILES string of the molecule is CCCC1(O)CN(C(=O)CCCSc2ccccc2)C1. The molecule has 110 valence electrons. The second-order valence-electron chi connectivity index (χ2n) is 5.49. The maximum Gasteiger partial charge on any atom is 0.222 e. The van der Waals surface area contributed by atoms with E-state index in [-0.39, 0.29) is 5.91 Å². The zero-order valence-corrected chi connectivity index (χ0v) is 12.9. The van der Waals surface area contributed by atoms with Crippen molar-refractivity contribution in [3.8, 4) is 0 Å². The minimum absolute atomic E-state index is 0.180. The van der Waals surface area contributed by atoms with Crippen LogP contribution in [0.4, 0.5) is 0 Å². The van der Waals surface area contributed by atoms with Crippen LogP contribution in [-0.4, -0.2) is 40.4 Å². The Bertz CT molecular complexity index is 429. The van der Waals surface area contributed by atoms with Crippen molar-refractivity contribution in [2.75, 3.05) is 18.8 Å². The van der Waals surface area contributed by atoms with E-state index in [1.807, 2.05) is 18.2 Å². The Morgan fingerprint density at radius 2 is 2.05 bits per heavy atom. The van der Waals surface area contributed by atoms with Gasteiger partial charge in [-0.15, -0.1) is 11.8 Å². The molecule has 1 aromatic carbocycles. The van der Waals surface area contributed by atoms with E-state index in [1.54, 1.807) is 16.7 Å². The molecule has 1 N–H and O–H groups in total. The molecule has 4 heteroatoms. The van der Waals surface area contributed by atoms with Crippen LogP contribution in [0.15, 0.2) is 35.2 Å². The van der Waals surface area contributed by atoms with Gasteiger partial charge < -0.3 is 10.0 Å². The van der Waals surface area contributed by atoms with Crippen molar-refractivity contribution in [1.29, 1.82) is 0 Å². The van der Waals surface area contributed by atoms with Crippen LogP contribution in [-0.2, 0) is 4.79 Å². The van der Waals surface area contributed by atoms with Crippen molar-refractivity contribution in [2.24, 2.45) is 0 Å². The summed E-state index contributed by atoms with van der Waals surface area (Å²) in [5, 5.41) is 10.1. The summed E-state index contributed by atoms with van der Waals surface area (Å²) in [4.78, 5) is 15.0. The number of likely N-dealkylation sites (tertiary alicyclic amines) is 1. The van der Waals surface area contributed by atoms with E-state index in [4.69, 9.17) is 0 Å². The molecule has 0 spiro atoms. The Morgan fingerprint density at radius 1 is 1.35 bits per heavy atom. The number of benzene rings is 1. The molecule has 1 saturated heterocycles. The van der Waals surface area contributed by atoms with Gasteiger partial charge >= 0.3 is 0 Å². The largest absolute Gasteiger partial charge is 0.386 e. The van der Waals surface area contributed by atoms with Crippen LogP contribution in [0.2, 0.25) is 0 Å². The number of amides is 1. The highest BCUT2D eigenvalue weighted by Crippen LogP contribution is 2.26. The number of rotatable bonds is 7. The first-order chi connectivity index (χ1) is 9.63. The number of carbonyl (C=O) groups is 1. The highest BCUT2D eigenvalue weighted by molar-refractivity contribution is 7.99.